The Kier molecular flexibility index (Phi) is 6.00. The third-order valence-corrected chi connectivity index (χ3v) is 4.92. The van der Waals surface area contributed by atoms with Gasteiger partial charge in [0.15, 0.2) is 0 Å². The lowest BCUT2D eigenvalue weighted by molar-refractivity contribution is 0.298. The second kappa shape index (κ2) is 7.99. The number of methoxy groups -OCH3 is 1. The molecule has 0 saturated carbocycles. The summed E-state index contributed by atoms with van der Waals surface area (Å²) in [6.07, 6.45) is 1.51. The van der Waals surface area contributed by atoms with Crippen molar-refractivity contribution in [3.8, 4) is 11.5 Å². The van der Waals surface area contributed by atoms with E-state index in [-0.39, 0.29) is 11.5 Å². The van der Waals surface area contributed by atoms with E-state index in [2.05, 4.69) is 11.3 Å². The van der Waals surface area contributed by atoms with Crippen LogP contribution in [-0.2, 0) is 10.0 Å². The van der Waals surface area contributed by atoms with Crippen LogP contribution in [0.25, 0.3) is 0 Å². The van der Waals surface area contributed by atoms with Crippen molar-refractivity contribution in [1.29, 1.82) is 0 Å². The molecule has 1 atom stereocenters. The normalized spacial score (nSPS) is 12.4. The molecule has 0 heterocycles. The highest BCUT2D eigenvalue weighted by Gasteiger charge is 2.18. The summed E-state index contributed by atoms with van der Waals surface area (Å²) in [6.45, 7) is 5.71. The zero-order valence-electron chi connectivity index (χ0n) is 13.7. The van der Waals surface area contributed by atoms with Gasteiger partial charge in [0.25, 0.3) is 0 Å². The monoisotopic (exact) mass is 347 g/mol. The molecule has 128 valence electrons. The summed E-state index contributed by atoms with van der Waals surface area (Å²) >= 11 is 0. The van der Waals surface area contributed by atoms with Gasteiger partial charge >= 0.3 is 0 Å². The average molecular weight is 347 g/mol. The van der Waals surface area contributed by atoms with Crippen molar-refractivity contribution < 1.29 is 17.9 Å². The first-order valence-electron chi connectivity index (χ1n) is 7.43. The average Bonchev–Trinajstić information content (AvgIpc) is 2.59. The smallest absolute Gasteiger partial charge is 0.241 e. The Labute approximate surface area is 143 Å². The van der Waals surface area contributed by atoms with Crippen LogP contribution in [-0.4, -0.2) is 28.2 Å². The molecule has 2 rings (SSSR count). The summed E-state index contributed by atoms with van der Waals surface area (Å²) in [4.78, 5) is 0.212. The third-order valence-electron chi connectivity index (χ3n) is 3.41. The Morgan fingerprint density at radius 2 is 1.67 bits per heavy atom. The van der Waals surface area contributed by atoms with Crippen LogP contribution in [0.1, 0.15) is 5.56 Å². The van der Waals surface area contributed by atoms with Crippen LogP contribution in [0, 0.1) is 6.92 Å². The van der Waals surface area contributed by atoms with Gasteiger partial charge < -0.3 is 9.47 Å². The first-order valence-corrected chi connectivity index (χ1v) is 8.91. The van der Waals surface area contributed by atoms with Gasteiger partial charge in [-0.05, 0) is 43.3 Å². The van der Waals surface area contributed by atoms with E-state index in [1.165, 1.54) is 6.08 Å². The quantitative estimate of drug-likeness (QED) is 0.746. The summed E-state index contributed by atoms with van der Waals surface area (Å²) in [5.41, 5.74) is 0.997. The molecule has 1 unspecified atom stereocenters. The third kappa shape index (κ3) is 4.84. The topological polar surface area (TPSA) is 64.6 Å². The van der Waals surface area contributed by atoms with Crippen molar-refractivity contribution in [3.05, 3.63) is 66.7 Å². The number of aryl methyl sites for hydroxylation is 1. The summed E-state index contributed by atoms with van der Waals surface area (Å²) in [5, 5.41) is 0. The molecule has 24 heavy (non-hydrogen) atoms. The molecule has 1 N–H and O–H groups in total. The first-order chi connectivity index (χ1) is 11.4. The van der Waals surface area contributed by atoms with Crippen molar-refractivity contribution in [1.82, 2.24) is 4.72 Å². The Balaban J connectivity index is 2.00. The largest absolute Gasteiger partial charge is 0.497 e. The molecule has 5 nitrogen and oxygen atoms in total. The van der Waals surface area contributed by atoms with Crippen LogP contribution in [0.3, 0.4) is 0 Å². The number of sulfonamides is 1. The highest BCUT2D eigenvalue weighted by molar-refractivity contribution is 7.89. The van der Waals surface area contributed by atoms with E-state index in [4.69, 9.17) is 9.47 Å². The number of rotatable bonds is 8. The van der Waals surface area contributed by atoms with E-state index in [0.717, 1.165) is 11.3 Å². The molecule has 0 aliphatic carbocycles. The number of nitrogens with one attached hydrogen (secondary N) is 1. The van der Waals surface area contributed by atoms with Gasteiger partial charge in [-0.15, -0.1) is 6.58 Å². The van der Waals surface area contributed by atoms with Crippen molar-refractivity contribution >= 4 is 10.0 Å². The molecule has 0 saturated heterocycles. The molecule has 2 aromatic carbocycles. The molecule has 0 spiro atoms. The van der Waals surface area contributed by atoms with E-state index >= 15 is 0 Å². The van der Waals surface area contributed by atoms with E-state index in [0.29, 0.717) is 5.75 Å². The molecular weight excluding hydrogens is 326 g/mol. The zero-order valence-corrected chi connectivity index (χ0v) is 14.5. The van der Waals surface area contributed by atoms with Crippen molar-refractivity contribution in [3.63, 3.8) is 0 Å². The maximum atomic E-state index is 12.4. The number of ether oxygens (including phenoxy) is 2. The minimum atomic E-state index is -3.62. The van der Waals surface area contributed by atoms with Crippen molar-refractivity contribution in [2.24, 2.45) is 0 Å². The Hall–Kier alpha value is -2.31. The van der Waals surface area contributed by atoms with Crippen molar-refractivity contribution in [2.45, 2.75) is 17.9 Å². The molecular formula is C18H21NO4S. The minimum absolute atomic E-state index is 0.140. The van der Waals surface area contributed by atoms with Crippen LogP contribution in [0.4, 0.5) is 0 Å². The van der Waals surface area contributed by atoms with Gasteiger partial charge in [-0.3, -0.25) is 0 Å². The molecule has 0 amide bonds. The maximum absolute atomic E-state index is 12.4. The van der Waals surface area contributed by atoms with Gasteiger partial charge in [-0.25, -0.2) is 13.1 Å². The predicted octanol–water partition coefficient (Wildman–Crippen LogP) is 2.92. The number of benzene rings is 2. The summed E-state index contributed by atoms with van der Waals surface area (Å²) < 4.78 is 38.0. The fourth-order valence-electron chi connectivity index (χ4n) is 1.99. The lowest BCUT2D eigenvalue weighted by Gasteiger charge is -2.16. The van der Waals surface area contributed by atoms with Gasteiger partial charge in [0.1, 0.15) is 18.1 Å². The van der Waals surface area contributed by atoms with E-state index in [1.807, 2.05) is 6.92 Å². The Morgan fingerprint density at radius 1 is 1.08 bits per heavy atom. The second-order valence-electron chi connectivity index (χ2n) is 5.26. The maximum Gasteiger partial charge on any atom is 0.241 e. The van der Waals surface area contributed by atoms with Crippen LogP contribution in [0.5, 0.6) is 11.5 Å². The lowest BCUT2D eigenvalue weighted by Crippen LogP contribution is -2.37. The Bertz CT molecular complexity index is 768. The minimum Gasteiger partial charge on any atom is -0.497 e. The predicted molar refractivity (Wildman–Crippen MR) is 94.0 cm³/mol. The van der Waals surface area contributed by atoms with Gasteiger partial charge in [-0.1, -0.05) is 23.8 Å². The molecule has 0 radical (unpaired) electrons. The molecule has 0 aliphatic rings. The molecule has 0 aromatic heterocycles. The summed E-state index contributed by atoms with van der Waals surface area (Å²) in [7, 11) is -2.04. The van der Waals surface area contributed by atoms with Crippen LogP contribution >= 0.6 is 0 Å². The van der Waals surface area contributed by atoms with E-state index < -0.39 is 16.1 Å². The molecule has 2 aromatic rings. The van der Waals surface area contributed by atoms with E-state index in [1.54, 1.807) is 55.6 Å². The van der Waals surface area contributed by atoms with Crippen LogP contribution in [0.15, 0.2) is 66.1 Å². The van der Waals surface area contributed by atoms with Gasteiger partial charge in [0, 0.05) is 0 Å². The summed E-state index contributed by atoms with van der Waals surface area (Å²) in [5.74, 6) is 1.35. The van der Waals surface area contributed by atoms with Crippen LogP contribution < -0.4 is 14.2 Å². The van der Waals surface area contributed by atoms with Gasteiger partial charge in [-0.2, -0.15) is 0 Å². The first kappa shape index (κ1) is 18.0. The molecule has 0 bridgehead atoms. The highest BCUT2D eigenvalue weighted by atomic mass is 32.2. The van der Waals surface area contributed by atoms with Gasteiger partial charge in [0.05, 0.1) is 18.0 Å². The fourth-order valence-corrected chi connectivity index (χ4v) is 3.19. The Morgan fingerprint density at radius 3 is 2.21 bits per heavy atom. The molecule has 0 aliphatic heterocycles. The number of hydrogen-bond donors (Lipinski definition) is 1. The molecule has 0 fully saturated rings. The SMILES string of the molecule is C=CC(COc1ccc(OC)cc1)NS(=O)(=O)c1ccc(C)cc1. The summed E-state index contributed by atoms with van der Waals surface area (Å²) in [6, 6.07) is 13.2. The number of hydrogen-bond acceptors (Lipinski definition) is 4. The molecule has 6 heteroatoms. The lowest BCUT2D eigenvalue weighted by atomic mass is 10.2. The highest BCUT2D eigenvalue weighted by Crippen LogP contribution is 2.17. The standard InChI is InChI=1S/C18H21NO4S/c1-4-15(13-23-17-9-7-16(22-3)8-10-17)19-24(20,21)18-11-5-14(2)6-12-18/h4-12,15,19H,1,13H2,2-3H3. The van der Waals surface area contributed by atoms with Crippen LogP contribution in [0.2, 0.25) is 0 Å². The van der Waals surface area contributed by atoms with E-state index in [9.17, 15) is 8.42 Å². The fraction of sp³-hybridized carbons (Fsp3) is 0.222. The second-order valence-corrected chi connectivity index (χ2v) is 6.98. The van der Waals surface area contributed by atoms with Gasteiger partial charge in [0.2, 0.25) is 10.0 Å². The van der Waals surface area contributed by atoms with Crippen molar-refractivity contribution in [2.75, 3.05) is 13.7 Å². The zero-order chi connectivity index (χ0) is 17.6.